The van der Waals surface area contributed by atoms with Gasteiger partial charge in [0, 0.05) is 41.7 Å². The van der Waals surface area contributed by atoms with Crippen molar-refractivity contribution in [3.05, 3.63) is 48.5 Å². The van der Waals surface area contributed by atoms with Crippen molar-refractivity contribution < 1.29 is 18.7 Å². The van der Waals surface area contributed by atoms with Gasteiger partial charge in [0.05, 0.1) is 20.4 Å². The number of hydrogen-bond acceptors (Lipinski definition) is 6. The summed E-state index contributed by atoms with van der Waals surface area (Å²) in [6, 6.07) is 7.40. The Morgan fingerprint density at radius 3 is 2.83 bits per heavy atom. The molecule has 2 N–H and O–H groups in total. The van der Waals surface area contributed by atoms with Crippen molar-refractivity contribution in [2.24, 2.45) is 0 Å². The van der Waals surface area contributed by atoms with Crippen LogP contribution in [0.25, 0.3) is 11.1 Å². The lowest BCUT2D eigenvalue weighted by molar-refractivity contribution is -0.117. The first-order valence-corrected chi connectivity index (χ1v) is 9.05. The first-order valence-electron chi connectivity index (χ1n) is 9.05. The third kappa shape index (κ3) is 3.71. The molecular formula is C20H20FN5O3. The molecule has 1 saturated heterocycles. The fourth-order valence-corrected chi connectivity index (χ4v) is 3.36. The number of anilines is 2. The van der Waals surface area contributed by atoms with Gasteiger partial charge in [-0.3, -0.25) is 14.8 Å². The quantitative estimate of drug-likeness (QED) is 0.665. The maximum Gasteiger partial charge on any atom is 0.250 e. The average Bonchev–Trinajstić information content (AvgIpc) is 3.38. The molecule has 0 aliphatic carbocycles. The van der Waals surface area contributed by atoms with Crippen LogP contribution in [0.3, 0.4) is 0 Å². The number of benzene rings is 1. The second-order valence-electron chi connectivity index (χ2n) is 6.57. The van der Waals surface area contributed by atoms with Crippen LogP contribution in [0.15, 0.2) is 42.7 Å². The lowest BCUT2D eigenvalue weighted by Gasteiger charge is -2.18. The SMILES string of the molecule is COc1cc(F)cc(NC2CCN(c3ccc(-c4cn[nH]c4)c(OC)n3)C2=O)c1. The highest BCUT2D eigenvalue weighted by atomic mass is 19.1. The van der Waals surface area contributed by atoms with Gasteiger partial charge in [-0.05, 0) is 24.6 Å². The molecule has 0 saturated carbocycles. The van der Waals surface area contributed by atoms with Gasteiger partial charge in [-0.1, -0.05) is 0 Å². The molecule has 150 valence electrons. The predicted octanol–water partition coefficient (Wildman–Crippen LogP) is 2.85. The largest absolute Gasteiger partial charge is 0.497 e. The Kier molecular flexibility index (Phi) is 5.03. The zero-order valence-electron chi connectivity index (χ0n) is 16.0. The zero-order chi connectivity index (χ0) is 20.4. The fraction of sp³-hybridized carbons (Fsp3) is 0.250. The molecule has 8 nitrogen and oxygen atoms in total. The van der Waals surface area contributed by atoms with Gasteiger partial charge >= 0.3 is 0 Å². The molecule has 1 atom stereocenters. The topological polar surface area (TPSA) is 92.4 Å². The first kappa shape index (κ1) is 18.7. The van der Waals surface area contributed by atoms with Crippen LogP contribution in [-0.4, -0.2) is 47.9 Å². The molecule has 0 radical (unpaired) electrons. The molecule has 1 unspecified atom stereocenters. The smallest absolute Gasteiger partial charge is 0.250 e. The van der Waals surface area contributed by atoms with E-state index in [2.05, 4.69) is 20.5 Å². The van der Waals surface area contributed by atoms with Crippen LogP contribution < -0.4 is 19.7 Å². The Balaban J connectivity index is 1.54. The summed E-state index contributed by atoms with van der Waals surface area (Å²) < 4.78 is 24.2. The van der Waals surface area contributed by atoms with Crippen molar-refractivity contribution in [3.63, 3.8) is 0 Å². The normalized spacial score (nSPS) is 16.2. The number of amides is 1. The monoisotopic (exact) mass is 397 g/mol. The van der Waals surface area contributed by atoms with Gasteiger partial charge in [-0.2, -0.15) is 10.1 Å². The van der Waals surface area contributed by atoms with Gasteiger partial charge < -0.3 is 14.8 Å². The Hall–Kier alpha value is -3.62. The van der Waals surface area contributed by atoms with E-state index in [0.717, 1.165) is 11.1 Å². The molecule has 1 amide bonds. The van der Waals surface area contributed by atoms with E-state index in [1.165, 1.54) is 26.4 Å². The molecule has 1 aliphatic rings. The molecule has 9 heteroatoms. The van der Waals surface area contributed by atoms with Crippen LogP contribution in [0.1, 0.15) is 6.42 Å². The van der Waals surface area contributed by atoms with E-state index < -0.39 is 11.9 Å². The Morgan fingerprint density at radius 1 is 1.24 bits per heavy atom. The van der Waals surface area contributed by atoms with Gasteiger partial charge in [0.25, 0.3) is 5.91 Å². The fourth-order valence-electron chi connectivity index (χ4n) is 3.36. The van der Waals surface area contributed by atoms with Crippen LogP contribution >= 0.6 is 0 Å². The number of ether oxygens (including phenoxy) is 2. The predicted molar refractivity (Wildman–Crippen MR) is 106 cm³/mol. The molecule has 3 aromatic rings. The van der Waals surface area contributed by atoms with Gasteiger partial charge in [0.1, 0.15) is 23.4 Å². The molecule has 0 bridgehead atoms. The third-order valence-corrected chi connectivity index (χ3v) is 4.78. The zero-order valence-corrected chi connectivity index (χ0v) is 16.0. The second-order valence-corrected chi connectivity index (χ2v) is 6.57. The molecular weight excluding hydrogens is 377 g/mol. The van der Waals surface area contributed by atoms with Gasteiger partial charge in [0.15, 0.2) is 0 Å². The van der Waals surface area contributed by atoms with Crippen molar-refractivity contribution >= 4 is 17.4 Å². The summed E-state index contributed by atoms with van der Waals surface area (Å²) in [5.74, 6) is 0.716. The molecule has 2 aromatic heterocycles. The molecule has 1 aliphatic heterocycles. The third-order valence-electron chi connectivity index (χ3n) is 4.78. The number of methoxy groups -OCH3 is 2. The van der Waals surface area contributed by atoms with Crippen LogP contribution in [-0.2, 0) is 4.79 Å². The number of aromatic nitrogens is 3. The number of carbonyl (C=O) groups excluding carboxylic acids is 1. The van der Waals surface area contributed by atoms with Crippen LogP contribution in [0.4, 0.5) is 15.9 Å². The van der Waals surface area contributed by atoms with Crippen molar-refractivity contribution in [2.75, 3.05) is 31.0 Å². The van der Waals surface area contributed by atoms with E-state index in [0.29, 0.717) is 36.1 Å². The molecule has 0 spiro atoms. The minimum atomic E-state index is -0.483. The first-order chi connectivity index (χ1) is 14.1. The van der Waals surface area contributed by atoms with Crippen molar-refractivity contribution in [3.8, 4) is 22.8 Å². The highest BCUT2D eigenvalue weighted by molar-refractivity contribution is 6.00. The van der Waals surface area contributed by atoms with Crippen LogP contribution in [0.5, 0.6) is 11.6 Å². The van der Waals surface area contributed by atoms with Crippen LogP contribution in [0.2, 0.25) is 0 Å². The molecule has 1 aromatic carbocycles. The number of aromatic amines is 1. The van der Waals surface area contributed by atoms with E-state index in [4.69, 9.17) is 9.47 Å². The van der Waals surface area contributed by atoms with E-state index in [9.17, 15) is 9.18 Å². The number of nitrogens with one attached hydrogen (secondary N) is 2. The maximum absolute atomic E-state index is 13.7. The van der Waals surface area contributed by atoms with Gasteiger partial charge in [-0.25, -0.2) is 4.39 Å². The number of carbonyl (C=O) groups is 1. The summed E-state index contributed by atoms with van der Waals surface area (Å²) in [7, 11) is 3.00. The number of H-pyrrole nitrogens is 1. The molecule has 29 heavy (non-hydrogen) atoms. The molecule has 3 heterocycles. The summed E-state index contributed by atoms with van der Waals surface area (Å²) in [5.41, 5.74) is 2.11. The van der Waals surface area contributed by atoms with Crippen molar-refractivity contribution in [1.82, 2.24) is 15.2 Å². The lowest BCUT2D eigenvalue weighted by Crippen LogP contribution is -2.34. The number of pyridine rings is 1. The van der Waals surface area contributed by atoms with E-state index in [1.807, 2.05) is 6.07 Å². The van der Waals surface area contributed by atoms with Crippen molar-refractivity contribution in [2.45, 2.75) is 12.5 Å². The summed E-state index contributed by atoms with van der Waals surface area (Å²) in [4.78, 5) is 19.0. The standard InChI is InChI=1S/C20H20FN5O3/c1-28-15-8-13(21)7-14(9-15)24-17-5-6-26(20(17)27)18-4-3-16(19(25-18)29-2)12-10-22-23-11-12/h3-4,7-11,17,24H,5-6H2,1-2H3,(H,22,23). The maximum atomic E-state index is 13.7. The minimum Gasteiger partial charge on any atom is -0.497 e. The number of hydrogen-bond donors (Lipinski definition) is 2. The number of nitrogens with zero attached hydrogens (tertiary/aromatic N) is 3. The number of rotatable bonds is 6. The van der Waals surface area contributed by atoms with E-state index >= 15 is 0 Å². The Labute approximate surface area is 166 Å². The molecule has 4 rings (SSSR count). The van der Waals surface area contributed by atoms with E-state index in [-0.39, 0.29) is 5.91 Å². The van der Waals surface area contributed by atoms with Crippen LogP contribution in [0, 0.1) is 5.82 Å². The second kappa shape index (κ2) is 7.78. The minimum absolute atomic E-state index is 0.140. The number of halogens is 1. The summed E-state index contributed by atoms with van der Waals surface area (Å²) in [5, 5.41) is 9.78. The summed E-state index contributed by atoms with van der Waals surface area (Å²) in [6.45, 7) is 0.490. The highest BCUT2D eigenvalue weighted by Crippen LogP contribution is 2.32. The summed E-state index contributed by atoms with van der Waals surface area (Å²) >= 11 is 0. The van der Waals surface area contributed by atoms with Crippen molar-refractivity contribution in [1.29, 1.82) is 0 Å². The lowest BCUT2D eigenvalue weighted by atomic mass is 10.1. The van der Waals surface area contributed by atoms with Gasteiger partial charge in [-0.15, -0.1) is 0 Å². The van der Waals surface area contributed by atoms with E-state index in [1.54, 1.807) is 29.4 Å². The molecule has 1 fully saturated rings. The Bertz CT molecular complexity index is 1020. The Morgan fingerprint density at radius 2 is 2.10 bits per heavy atom. The summed E-state index contributed by atoms with van der Waals surface area (Å²) in [6.07, 6.45) is 3.98. The average molecular weight is 397 g/mol. The highest BCUT2D eigenvalue weighted by Gasteiger charge is 2.33. The van der Waals surface area contributed by atoms with Gasteiger partial charge in [0.2, 0.25) is 5.88 Å².